The zero-order valence-corrected chi connectivity index (χ0v) is 17.6. The van der Waals surface area contributed by atoms with Crippen molar-refractivity contribution < 1.29 is 8.42 Å². The van der Waals surface area contributed by atoms with E-state index in [1.807, 2.05) is 0 Å². The molecule has 2 saturated carbocycles. The number of hydrogen-bond donors (Lipinski definition) is 1. The van der Waals surface area contributed by atoms with Gasteiger partial charge in [-0.05, 0) is 49.9 Å². The average Bonchev–Trinajstić information content (AvgIpc) is 3.37. The van der Waals surface area contributed by atoms with E-state index >= 15 is 0 Å². The molecular formula is C20H36N4O2S. The third-order valence-corrected chi connectivity index (χ3v) is 8.98. The van der Waals surface area contributed by atoms with Crippen molar-refractivity contribution in [2.75, 3.05) is 50.8 Å². The van der Waals surface area contributed by atoms with Gasteiger partial charge in [-0.3, -0.25) is 9.89 Å². The molecule has 2 aliphatic carbocycles. The summed E-state index contributed by atoms with van der Waals surface area (Å²) in [6, 6.07) is 0.832. The van der Waals surface area contributed by atoms with E-state index in [0.29, 0.717) is 18.1 Å². The first-order valence-corrected chi connectivity index (χ1v) is 12.8. The van der Waals surface area contributed by atoms with Crippen molar-refractivity contribution in [3.05, 3.63) is 0 Å². The number of rotatable bonds is 5. The van der Waals surface area contributed by atoms with E-state index in [-0.39, 0.29) is 5.92 Å². The van der Waals surface area contributed by atoms with Crippen molar-refractivity contribution in [1.29, 1.82) is 0 Å². The van der Waals surface area contributed by atoms with Crippen LogP contribution in [0.4, 0.5) is 0 Å². The molecule has 2 heterocycles. The minimum atomic E-state index is -2.82. The van der Waals surface area contributed by atoms with Gasteiger partial charge in [0.05, 0.1) is 11.5 Å². The van der Waals surface area contributed by atoms with Gasteiger partial charge in [0, 0.05) is 45.3 Å². The van der Waals surface area contributed by atoms with Crippen molar-refractivity contribution >= 4 is 15.8 Å². The number of hydrogen-bond acceptors (Lipinski definition) is 4. The molecule has 2 bridgehead atoms. The molecule has 0 aromatic carbocycles. The number of aliphatic imine (C=N–C) groups is 1. The highest BCUT2D eigenvalue weighted by Gasteiger charge is 2.42. The Kier molecular flexibility index (Phi) is 5.97. The summed E-state index contributed by atoms with van der Waals surface area (Å²) in [6.45, 7) is 8.07. The summed E-state index contributed by atoms with van der Waals surface area (Å²) in [5.41, 5.74) is 0. The average molecular weight is 397 g/mol. The van der Waals surface area contributed by atoms with E-state index in [9.17, 15) is 8.42 Å². The molecule has 4 atom stereocenters. The maximum Gasteiger partial charge on any atom is 0.194 e. The normalized spacial score (nSPS) is 36.5. The van der Waals surface area contributed by atoms with E-state index in [0.717, 1.165) is 69.4 Å². The summed E-state index contributed by atoms with van der Waals surface area (Å²) in [6.07, 6.45) is 7.66. The van der Waals surface area contributed by atoms with Crippen molar-refractivity contribution in [3.8, 4) is 0 Å². The molecule has 0 aromatic rings. The molecule has 7 heteroatoms. The summed E-state index contributed by atoms with van der Waals surface area (Å²) >= 11 is 0. The van der Waals surface area contributed by atoms with Crippen LogP contribution < -0.4 is 5.32 Å². The van der Waals surface area contributed by atoms with Crippen LogP contribution in [0.25, 0.3) is 0 Å². The zero-order valence-electron chi connectivity index (χ0n) is 16.8. The molecule has 0 aromatic heterocycles. The van der Waals surface area contributed by atoms with Gasteiger partial charge in [-0.25, -0.2) is 8.42 Å². The molecule has 4 rings (SSSR count). The summed E-state index contributed by atoms with van der Waals surface area (Å²) in [5.74, 6) is 3.81. The minimum absolute atomic E-state index is 0.198. The van der Waals surface area contributed by atoms with Gasteiger partial charge in [0.1, 0.15) is 0 Å². The largest absolute Gasteiger partial charge is 0.356 e. The van der Waals surface area contributed by atoms with Gasteiger partial charge >= 0.3 is 0 Å². The number of guanidine groups is 1. The van der Waals surface area contributed by atoms with Crippen molar-refractivity contribution in [3.63, 3.8) is 0 Å². The number of nitrogens with one attached hydrogen (secondary N) is 1. The topological polar surface area (TPSA) is 65.0 Å². The Morgan fingerprint density at radius 1 is 1.11 bits per heavy atom. The highest BCUT2D eigenvalue weighted by atomic mass is 32.2. The van der Waals surface area contributed by atoms with Gasteiger partial charge in [0.25, 0.3) is 0 Å². The van der Waals surface area contributed by atoms with E-state index in [4.69, 9.17) is 4.99 Å². The molecular weight excluding hydrogens is 360 g/mol. The zero-order chi connectivity index (χ0) is 18.9. The Bertz CT molecular complexity index is 642. The van der Waals surface area contributed by atoms with Crippen molar-refractivity contribution in [2.24, 2.45) is 22.7 Å². The third-order valence-electron chi connectivity index (χ3n) is 7.14. The quantitative estimate of drug-likeness (QED) is 0.565. The Labute approximate surface area is 164 Å². The molecule has 4 aliphatic rings. The van der Waals surface area contributed by atoms with Crippen LogP contribution in [0, 0.1) is 17.8 Å². The lowest BCUT2D eigenvalue weighted by atomic mass is 9.93. The Hall–Kier alpha value is -0.820. The highest BCUT2D eigenvalue weighted by Crippen LogP contribution is 2.46. The Morgan fingerprint density at radius 2 is 1.93 bits per heavy atom. The molecule has 0 radical (unpaired) electrons. The molecule has 1 N–H and O–H groups in total. The van der Waals surface area contributed by atoms with E-state index in [1.54, 1.807) is 0 Å². The lowest BCUT2D eigenvalue weighted by Crippen LogP contribution is -2.55. The first kappa shape index (κ1) is 19.5. The molecule has 0 spiro atoms. The van der Waals surface area contributed by atoms with Crippen LogP contribution in [0.5, 0.6) is 0 Å². The molecule has 4 unspecified atom stereocenters. The van der Waals surface area contributed by atoms with Crippen LogP contribution in [-0.2, 0) is 9.84 Å². The van der Waals surface area contributed by atoms with Crippen LogP contribution in [0.2, 0.25) is 0 Å². The molecule has 27 heavy (non-hydrogen) atoms. The smallest absolute Gasteiger partial charge is 0.194 e. The standard InChI is InChI=1S/C20H36N4O2S/c1-2-6-21-20(22-14-17-5-11-27(25,26)15-17)24-9-7-23(8-10-24)19-13-16-3-4-18(19)12-16/h16-19H,2-15H2,1H3,(H,21,22). The van der Waals surface area contributed by atoms with Crippen LogP contribution >= 0.6 is 0 Å². The van der Waals surface area contributed by atoms with Gasteiger partial charge in [-0.1, -0.05) is 13.3 Å². The van der Waals surface area contributed by atoms with Gasteiger partial charge in [-0.2, -0.15) is 0 Å². The lowest BCUT2D eigenvalue weighted by molar-refractivity contribution is 0.0958. The van der Waals surface area contributed by atoms with Crippen molar-refractivity contribution in [2.45, 2.75) is 51.5 Å². The first-order chi connectivity index (χ1) is 13.0. The summed E-state index contributed by atoms with van der Waals surface area (Å²) in [5, 5.41) is 3.50. The second-order valence-corrected chi connectivity index (χ2v) is 11.4. The monoisotopic (exact) mass is 396 g/mol. The summed E-state index contributed by atoms with van der Waals surface area (Å²) < 4.78 is 23.4. The molecule has 2 saturated heterocycles. The lowest BCUT2D eigenvalue weighted by Gasteiger charge is -2.42. The van der Waals surface area contributed by atoms with E-state index < -0.39 is 9.84 Å². The maximum absolute atomic E-state index is 11.7. The summed E-state index contributed by atoms with van der Waals surface area (Å²) in [4.78, 5) is 9.97. The number of nitrogens with zero attached hydrogens (tertiary/aromatic N) is 3. The second-order valence-electron chi connectivity index (χ2n) is 9.13. The van der Waals surface area contributed by atoms with Gasteiger partial charge in [0.2, 0.25) is 0 Å². The summed E-state index contributed by atoms with van der Waals surface area (Å²) in [7, 11) is -2.82. The predicted octanol–water partition coefficient (Wildman–Crippen LogP) is 1.58. The fourth-order valence-corrected chi connectivity index (χ4v) is 7.51. The second kappa shape index (κ2) is 8.27. The van der Waals surface area contributed by atoms with Crippen molar-refractivity contribution in [1.82, 2.24) is 15.1 Å². The van der Waals surface area contributed by atoms with Gasteiger partial charge in [0.15, 0.2) is 15.8 Å². The first-order valence-electron chi connectivity index (χ1n) is 11.0. The fourth-order valence-electron chi connectivity index (χ4n) is 5.66. The molecule has 4 fully saturated rings. The number of fused-ring (bicyclic) bond motifs is 2. The molecule has 6 nitrogen and oxygen atoms in total. The van der Waals surface area contributed by atoms with Crippen LogP contribution in [0.15, 0.2) is 4.99 Å². The minimum Gasteiger partial charge on any atom is -0.356 e. The Balaban J connectivity index is 1.32. The van der Waals surface area contributed by atoms with E-state index in [2.05, 4.69) is 22.0 Å². The van der Waals surface area contributed by atoms with Crippen LogP contribution in [-0.4, -0.2) is 81.0 Å². The Morgan fingerprint density at radius 3 is 2.52 bits per heavy atom. The van der Waals surface area contributed by atoms with Crippen LogP contribution in [0.3, 0.4) is 0 Å². The number of piperazine rings is 1. The third kappa shape index (κ3) is 4.61. The SMILES string of the molecule is CCCNC(=NCC1CCS(=O)(=O)C1)N1CCN(C2CC3CCC2C3)CC1. The molecule has 0 amide bonds. The molecule has 2 aliphatic heterocycles. The molecule has 154 valence electrons. The number of sulfone groups is 1. The predicted molar refractivity (Wildman–Crippen MR) is 110 cm³/mol. The van der Waals surface area contributed by atoms with E-state index in [1.165, 1.54) is 25.7 Å². The van der Waals surface area contributed by atoms with Gasteiger partial charge in [-0.15, -0.1) is 0 Å². The highest BCUT2D eigenvalue weighted by molar-refractivity contribution is 7.91. The fraction of sp³-hybridized carbons (Fsp3) is 0.950. The van der Waals surface area contributed by atoms with Gasteiger partial charge < -0.3 is 10.2 Å². The van der Waals surface area contributed by atoms with Crippen LogP contribution in [0.1, 0.15) is 45.4 Å². The maximum atomic E-state index is 11.7.